The molecule has 7 heteroatoms. The molecule has 2 aliphatic rings. The molecule has 1 aliphatic heterocycles. The Balaban J connectivity index is 1.60. The second kappa shape index (κ2) is 7.09. The first-order valence-electron chi connectivity index (χ1n) is 9.11. The molecule has 1 aliphatic carbocycles. The molecule has 0 spiro atoms. The molecule has 2 aromatic heterocycles. The minimum Gasteiger partial charge on any atom is -0.341 e. The fourth-order valence-corrected chi connectivity index (χ4v) is 8.32. The number of nitrogens with zero attached hydrogens (tertiary/aromatic N) is 1. The van der Waals surface area contributed by atoms with Crippen molar-refractivity contribution in [2.75, 3.05) is 18.8 Å². The summed E-state index contributed by atoms with van der Waals surface area (Å²) in [5, 5.41) is 3.48. The first kappa shape index (κ1) is 18.2. The van der Waals surface area contributed by atoms with Crippen molar-refractivity contribution >= 4 is 38.4 Å². The first-order chi connectivity index (χ1) is 12.5. The number of hydrogen-bond donors (Lipinski definition) is 0. The SMILES string of the molecule is O=C(N1CC[C@@H](c2cccs2)S(=O)(=O)CC1)C1(c2cccs2)CCCC1. The third kappa shape index (κ3) is 3.14. The zero-order valence-electron chi connectivity index (χ0n) is 14.6. The van der Waals surface area contributed by atoms with E-state index in [9.17, 15) is 13.2 Å². The van der Waals surface area contributed by atoms with Gasteiger partial charge in [0, 0.05) is 22.8 Å². The van der Waals surface area contributed by atoms with Crippen molar-refractivity contribution in [3.8, 4) is 0 Å². The van der Waals surface area contributed by atoms with E-state index in [0.717, 1.165) is 35.4 Å². The molecule has 140 valence electrons. The number of carbonyl (C=O) groups excluding carboxylic acids is 1. The zero-order valence-corrected chi connectivity index (χ0v) is 17.0. The Morgan fingerprint density at radius 1 is 1.08 bits per heavy atom. The van der Waals surface area contributed by atoms with Crippen molar-refractivity contribution in [1.82, 2.24) is 4.90 Å². The molecule has 3 heterocycles. The Labute approximate surface area is 162 Å². The molecule has 0 radical (unpaired) electrons. The van der Waals surface area contributed by atoms with E-state index in [0.29, 0.717) is 19.5 Å². The van der Waals surface area contributed by atoms with Gasteiger partial charge in [0.25, 0.3) is 0 Å². The number of carbonyl (C=O) groups is 1. The predicted octanol–water partition coefficient (Wildman–Crippen LogP) is 4.01. The molecule has 1 saturated carbocycles. The first-order valence-corrected chi connectivity index (χ1v) is 12.6. The van der Waals surface area contributed by atoms with E-state index in [1.807, 2.05) is 33.9 Å². The maximum Gasteiger partial charge on any atom is 0.234 e. The van der Waals surface area contributed by atoms with Gasteiger partial charge < -0.3 is 4.90 Å². The van der Waals surface area contributed by atoms with Crippen molar-refractivity contribution in [1.29, 1.82) is 0 Å². The highest BCUT2D eigenvalue weighted by molar-refractivity contribution is 7.91. The quantitative estimate of drug-likeness (QED) is 0.770. The average Bonchev–Trinajstić information content (AvgIpc) is 3.38. The van der Waals surface area contributed by atoms with Crippen LogP contribution in [-0.2, 0) is 20.0 Å². The van der Waals surface area contributed by atoms with Crippen LogP contribution in [0, 0.1) is 0 Å². The molecule has 0 unspecified atom stereocenters. The van der Waals surface area contributed by atoms with Crippen LogP contribution in [0.4, 0.5) is 0 Å². The lowest BCUT2D eigenvalue weighted by Gasteiger charge is -2.33. The van der Waals surface area contributed by atoms with E-state index in [2.05, 4.69) is 6.07 Å². The maximum atomic E-state index is 13.5. The van der Waals surface area contributed by atoms with Crippen LogP contribution in [0.25, 0.3) is 0 Å². The largest absolute Gasteiger partial charge is 0.341 e. The van der Waals surface area contributed by atoms with Gasteiger partial charge in [-0.05, 0) is 42.2 Å². The van der Waals surface area contributed by atoms with Crippen LogP contribution in [0.15, 0.2) is 35.0 Å². The van der Waals surface area contributed by atoms with E-state index in [1.54, 1.807) is 11.3 Å². The van der Waals surface area contributed by atoms with Crippen molar-refractivity contribution in [2.24, 2.45) is 0 Å². The maximum absolute atomic E-state index is 13.5. The third-order valence-corrected chi connectivity index (χ3v) is 10.1. The molecule has 4 nitrogen and oxygen atoms in total. The lowest BCUT2D eigenvalue weighted by Crippen LogP contribution is -2.46. The van der Waals surface area contributed by atoms with Gasteiger partial charge >= 0.3 is 0 Å². The van der Waals surface area contributed by atoms with Gasteiger partial charge in [-0.2, -0.15) is 0 Å². The minimum atomic E-state index is -3.23. The highest BCUT2D eigenvalue weighted by atomic mass is 32.2. The summed E-state index contributed by atoms with van der Waals surface area (Å²) >= 11 is 3.14. The number of hydrogen-bond acceptors (Lipinski definition) is 5. The smallest absolute Gasteiger partial charge is 0.234 e. The average molecular weight is 410 g/mol. The Hall–Kier alpha value is -1.18. The highest BCUT2D eigenvalue weighted by Crippen LogP contribution is 2.45. The van der Waals surface area contributed by atoms with E-state index in [1.165, 1.54) is 11.3 Å². The summed E-state index contributed by atoms with van der Waals surface area (Å²) in [4.78, 5) is 17.4. The molecule has 1 saturated heterocycles. The fraction of sp³-hybridized carbons (Fsp3) is 0.526. The van der Waals surface area contributed by atoms with Crippen LogP contribution >= 0.6 is 22.7 Å². The van der Waals surface area contributed by atoms with Crippen molar-refractivity contribution in [2.45, 2.75) is 42.8 Å². The van der Waals surface area contributed by atoms with Crippen molar-refractivity contribution in [3.05, 3.63) is 44.8 Å². The fourth-order valence-electron chi connectivity index (χ4n) is 4.34. The number of thiophene rings is 2. The molecule has 0 bridgehead atoms. The standard InChI is InChI=1S/C19H23NO3S3/c21-18(19(8-1-2-9-19)17-6-4-13-25-17)20-10-7-16(15-5-3-12-24-15)26(22,23)14-11-20/h3-6,12-13,16H,1-2,7-11,14H2/t16-/m0/s1. The summed E-state index contributed by atoms with van der Waals surface area (Å²) in [6.45, 7) is 0.837. The van der Waals surface area contributed by atoms with Crippen molar-refractivity contribution in [3.63, 3.8) is 0 Å². The Morgan fingerprint density at radius 3 is 2.46 bits per heavy atom. The van der Waals surface area contributed by atoms with Gasteiger partial charge in [0.15, 0.2) is 9.84 Å². The number of sulfone groups is 1. The van der Waals surface area contributed by atoms with Crippen LogP contribution in [-0.4, -0.2) is 38.1 Å². The summed E-state index contributed by atoms with van der Waals surface area (Å²) in [5.74, 6) is 0.196. The topological polar surface area (TPSA) is 54.5 Å². The Morgan fingerprint density at radius 2 is 1.81 bits per heavy atom. The van der Waals surface area contributed by atoms with Gasteiger partial charge in [-0.1, -0.05) is 25.0 Å². The third-order valence-electron chi connectivity index (χ3n) is 5.75. The zero-order chi connectivity index (χ0) is 18.2. The summed E-state index contributed by atoms with van der Waals surface area (Å²) in [7, 11) is -3.23. The van der Waals surface area contributed by atoms with Crippen LogP contribution in [0.5, 0.6) is 0 Å². The minimum absolute atomic E-state index is 0.0574. The van der Waals surface area contributed by atoms with Gasteiger partial charge in [0.05, 0.1) is 16.4 Å². The molecule has 26 heavy (non-hydrogen) atoms. The molecule has 2 aromatic rings. The lowest BCUT2D eigenvalue weighted by atomic mass is 9.82. The summed E-state index contributed by atoms with van der Waals surface area (Å²) < 4.78 is 25.5. The van der Waals surface area contributed by atoms with Gasteiger partial charge in [-0.3, -0.25) is 4.79 Å². The van der Waals surface area contributed by atoms with Gasteiger partial charge in [-0.15, -0.1) is 22.7 Å². The Bertz CT molecular complexity index is 850. The van der Waals surface area contributed by atoms with E-state index in [4.69, 9.17) is 0 Å². The monoisotopic (exact) mass is 409 g/mol. The molecule has 1 atom stereocenters. The summed E-state index contributed by atoms with van der Waals surface area (Å²) in [6, 6.07) is 7.87. The molecular formula is C19H23NO3S3. The Kier molecular flexibility index (Phi) is 4.96. The predicted molar refractivity (Wildman–Crippen MR) is 107 cm³/mol. The van der Waals surface area contributed by atoms with E-state index >= 15 is 0 Å². The normalized spacial score (nSPS) is 25.1. The van der Waals surface area contributed by atoms with E-state index < -0.39 is 20.5 Å². The molecule has 4 rings (SSSR count). The van der Waals surface area contributed by atoms with Gasteiger partial charge in [-0.25, -0.2) is 8.42 Å². The van der Waals surface area contributed by atoms with E-state index in [-0.39, 0.29) is 11.7 Å². The second-order valence-corrected chi connectivity index (χ2v) is 11.4. The lowest BCUT2D eigenvalue weighted by molar-refractivity contribution is -0.137. The summed E-state index contributed by atoms with van der Waals surface area (Å²) in [6.07, 6.45) is 4.38. The molecule has 1 amide bonds. The molecule has 0 aromatic carbocycles. The van der Waals surface area contributed by atoms with Gasteiger partial charge in [0.1, 0.15) is 0 Å². The molecular weight excluding hydrogens is 386 g/mol. The van der Waals surface area contributed by atoms with Crippen LogP contribution in [0.1, 0.15) is 47.1 Å². The second-order valence-electron chi connectivity index (χ2n) is 7.22. The number of amides is 1. The summed E-state index contributed by atoms with van der Waals surface area (Å²) in [5.41, 5.74) is -0.430. The molecule has 0 N–H and O–H groups in total. The van der Waals surface area contributed by atoms with Crippen LogP contribution < -0.4 is 0 Å². The van der Waals surface area contributed by atoms with Crippen molar-refractivity contribution < 1.29 is 13.2 Å². The number of rotatable bonds is 3. The molecule has 2 fully saturated rings. The van der Waals surface area contributed by atoms with Gasteiger partial charge in [0.2, 0.25) is 5.91 Å². The van der Waals surface area contributed by atoms with Crippen LogP contribution in [0.3, 0.4) is 0 Å². The highest BCUT2D eigenvalue weighted by Gasteiger charge is 2.46. The van der Waals surface area contributed by atoms with Crippen LogP contribution in [0.2, 0.25) is 0 Å².